The lowest BCUT2D eigenvalue weighted by Crippen LogP contribution is -2.30. The highest BCUT2D eigenvalue weighted by atomic mass is 79.9. The molecule has 0 aromatic heterocycles. The molecule has 1 atom stereocenters. The predicted molar refractivity (Wildman–Crippen MR) is 67.0 cm³/mol. The SMILES string of the molecule is CC1(O)CCN(c2cc(Br)ccc2C=O)C1. The van der Waals surface area contributed by atoms with E-state index in [2.05, 4.69) is 20.8 Å². The van der Waals surface area contributed by atoms with Crippen molar-refractivity contribution >= 4 is 27.9 Å². The Morgan fingerprint density at radius 1 is 1.56 bits per heavy atom. The van der Waals surface area contributed by atoms with Crippen LogP contribution in [-0.2, 0) is 0 Å². The number of nitrogens with zero attached hydrogens (tertiary/aromatic N) is 1. The van der Waals surface area contributed by atoms with E-state index in [1.54, 1.807) is 6.07 Å². The minimum absolute atomic E-state index is 0.574. The fourth-order valence-corrected chi connectivity index (χ4v) is 2.39. The maximum Gasteiger partial charge on any atom is 0.152 e. The number of hydrogen-bond acceptors (Lipinski definition) is 3. The summed E-state index contributed by atoms with van der Waals surface area (Å²) in [4.78, 5) is 13.0. The number of halogens is 1. The van der Waals surface area contributed by atoms with Crippen molar-refractivity contribution in [3.8, 4) is 0 Å². The van der Waals surface area contributed by atoms with Crippen LogP contribution in [0.5, 0.6) is 0 Å². The lowest BCUT2D eigenvalue weighted by Gasteiger charge is -2.22. The molecule has 1 fully saturated rings. The Balaban J connectivity index is 2.33. The van der Waals surface area contributed by atoms with Crippen molar-refractivity contribution in [2.45, 2.75) is 18.9 Å². The van der Waals surface area contributed by atoms with E-state index in [1.807, 2.05) is 19.1 Å². The summed E-state index contributed by atoms with van der Waals surface area (Å²) >= 11 is 3.40. The molecule has 0 spiro atoms. The van der Waals surface area contributed by atoms with Crippen molar-refractivity contribution in [1.82, 2.24) is 0 Å². The fraction of sp³-hybridized carbons (Fsp3) is 0.417. The number of rotatable bonds is 2. The van der Waals surface area contributed by atoms with Crippen LogP contribution >= 0.6 is 15.9 Å². The number of aliphatic hydroxyl groups is 1. The molecule has 0 radical (unpaired) electrons. The van der Waals surface area contributed by atoms with Crippen LogP contribution in [0.4, 0.5) is 5.69 Å². The first-order valence-electron chi connectivity index (χ1n) is 5.24. The quantitative estimate of drug-likeness (QED) is 0.847. The van der Waals surface area contributed by atoms with Crippen LogP contribution in [0.2, 0.25) is 0 Å². The number of anilines is 1. The number of hydrogen-bond donors (Lipinski definition) is 1. The smallest absolute Gasteiger partial charge is 0.152 e. The van der Waals surface area contributed by atoms with Gasteiger partial charge in [0.1, 0.15) is 0 Å². The number of carbonyl (C=O) groups is 1. The Morgan fingerprint density at radius 3 is 2.88 bits per heavy atom. The molecule has 1 N–H and O–H groups in total. The van der Waals surface area contributed by atoms with E-state index in [-0.39, 0.29) is 0 Å². The van der Waals surface area contributed by atoms with Gasteiger partial charge >= 0.3 is 0 Å². The first kappa shape index (κ1) is 11.6. The third-order valence-corrected chi connectivity index (χ3v) is 3.41. The Labute approximate surface area is 103 Å². The van der Waals surface area contributed by atoms with Crippen molar-refractivity contribution in [3.63, 3.8) is 0 Å². The summed E-state index contributed by atoms with van der Waals surface area (Å²) in [5, 5.41) is 9.92. The van der Waals surface area contributed by atoms with Crippen LogP contribution in [0, 0.1) is 0 Å². The zero-order valence-electron chi connectivity index (χ0n) is 9.11. The molecule has 3 nitrogen and oxygen atoms in total. The van der Waals surface area contributed by atoms with Crippen molar-refractivity contribution in [1.29, 1.82) is 0 Å². The largest absolute Gasteiger partial charge is 0.388 e. The van der Waals surface area contributed by atoms with E-state index in [1.165, 1.54) is 0 Å². The molecule has 4 heteroatoms. The summed E-state index contributed by atoms with van der Waals surface area (Å²) in [6, 6.07) is 5.56. The average molecular weight is 284 g/mol. The predicted octanol–water partition coefficient (Wildman–Crippen LogP) is 2.22. The molecule has 1 aromatic carbocycles. The lowest BCUT2D eigenvalue weighted by atomic mass is 10.1. The van der Waals surface area contributed by atoms with Crippen LogP contribution in [0.1, 0.15) is 23.7 Å². The Bertz CT molecular complexity index is 417. The molecule has 0 aliphatic carbocycles. The van der Waals surface area contributed by atoms with Gasteiger partial charge in [-0.15, -0.1) is 0 Å². The van der Waals surface area contributed by atoms with Crippen LogP contribution in [0.25, 0.3) is 0 Å². The maximum atomic E-state index is 11.0. The summed E-state index contributed by atoms with van der Waals surface area (Å²) in [6.45, 7) is 3.18. The fourth-order valence-electron chi connectivity index (χ4n) is 2.04. The second-order valence-electron chi connectivity index (χ2n) is 4.49. The third-order valence-electron chi connectivity index (χ3n) is 2.91. The maximum absolute atomic E-state index is 11.0. The highest BCUT2D eigenvalue weighted by molar-refractivity contribution is 9.10. The van der Waals surface area contributed by atoms with E-state index in [4.69, 9.17) is 0 Å². The van der Waals surface area contributed by atoms with E-state index in [9.17, 15) is 9.90 Å². The van der Waals surface area contributed by atoms with Crippen molar-refractivity contribution in [2.24, 2.45) is 0 Å². The van der Waals surface area contributed by atoms with Gasteiger partial charge in [-0.25, -0.2) is 0 Å². The molecule has 1 heterocycles. The Hall–Kier alpha value is -0.870. The average Bonchev–Trinajstić information content (AvgIpc) is 2.59. The van der Waals surface area contributed by atoms with Crippen molar-refractivity contribution in [2.75, 3.05) is 18.0 Å². The minimum Gasteiger partial charge on any atom is -0.388 e. The molecule has 0 bridgehead atoms. The molecule has 1 aliphatic rings. The molecular weight excluding hydrogens is 270 g/mol. The van der Waals surface area contributed by atoms with Gasteiger partial charge in [-0.2, -0.15) is 0 Å². The van der Waals surface area contributed by atoms with Crippen LogP contribution in [0.3, 0.4) is 0 Å². The van der Waals surface area contributed by atoms with Gasteiger partial charge in [0.2, 0.25) is 0 Å². The van der Waals surface area contributed by atoms with Crippen LogP contribution < -0.4 is 4.90 Å². The second kappa shape index (κ2) is 4.18. The van der Waals surface area contributed by atoms with Gasteiger partial charge in [0.05, 0.1) is 5.60 Å². The first-order chi connectivity index (χ1) is 7.52. The van der Waals surface area contributed by atoms with Gasteiger partial charge in [-0.3, -0.25) is 4.79 Å². The number of aldehydes is 1. The molecule has 16 heavy (non-hydrogen) atoms. The van der Waals surface area contributed by atoms with E-state index >= 15 is 0 Å². The third kappa shape index (κ3) is 2.28. The summed E-state index contributed by atoms with van der Waals surface area (Å²) in [5.74, 6) is 0. The van der Waals surface area contributed by atoms with E-state index in [0.29, 0.717) is 12.1 Å². The van der Waals surface area contributed by atoms with E-state index < -0.39 is 5.60 Å². The van der Waals surface area contributed by atoms with Gasteiger partial charge in [-0.1, -0.05) is 15.9 Å². The van der Waals surface area contributed by atoms with Crippen molar-refractivity contribution < 1.29 is 9.90 Å². The number of β-amino-alcohol motifs (C(OH)–C–C–N with tert-alkyl or cyclic N) is 1. The van der Waals surface area contributed by atoms with Crippen LogP contribution in [0.15, 0.2) is 22.7 Å². The van der Waals surface area contributed by atoms with Gasteiger partial charge in [0.15, 0.2) is 6.29 Å². The Morgan fingerprint density at radius 2 is 2.31 bits per heavy atom. The van der Waals surface area contributed by atoms with Gasteiger partial charge in [-0.05, 0) is 31.5 Å². The Kier molecular flexibility index (Phi) is 3.04. The topological polar surface area (TPSA) is 40.5 Å². The molecular formula is C12H14BrNO2. The number of benzene rings is 1. The lowest BCUT2D eigenvalue weighted by molar-refractivity contribution is 0.0839. The van der Waals surface area contributed by atoms with Gasteiger partial charge in [0.25, 0.3) is 0 Å². The molecule has 1 saturated heterocycles. The zero-order valence-corrected chi connectivity index (χ0v) is 10.7. The standard InChI is InChI=1S/C12H14BrNO2/c1-12(16)4-5-14(8-12)11-6-10(13)3-2-9(11)7-15/h2-3,6-7,16H,4-5,8H2,1H3. The molecule has 86 valence electrons. The molecule has 0 amide bonds. The summed E-state index contributed by atoms with van der Waals surface area (Å²) < 4.78 is 0.944. The molecule has 1 aliphatic heterocycles. The highest BCUT2D eigenvalue weighted by Crippen LogP contribution is 2.30. The second-order valence-corrected chi connectivity index (χ2v) is 5.41. The molecule has 2 rings (SSSR count). The summed E-state index contributed by atoms with van der Waals surface area (Å²) in [7, 11) is 0. The minimum atomic E-state index is -0.650. The first-order valence-corrected chi connectivity index (χ1v) is 6.03. The molecule has 1 unspecified atom stereocenters. The zero-order chi connectivity index (χ0) is 11.8. The normalized spacial score (nSPS) is 24.8. The van der Waals surface area contributed by atoms with Gasteiger partial charge < -0.3 is 10.0 Å². The summed E-state index contributed by atoms with van der Waals surface area (Å²) in [5.41, 5.74) is 0.908. The molecule has 0 saturated carbocycles. The summed E-state index contributed by atoms with van der Waals surface area (Å²) in [6.07, 6.45) is 1.59. The highest BCUT2D eigenvalue weighted by Gasteiger charge is 2.32. The molecule has 1 aromatic rings. The van der Waals surface area contributed by atoms with Crippen molar-refractivity contribution in [3.05, 3.63) is 28.2 Å². The van der Waals surface area contributed by atoms with E-state index in [0.717, 1.165) is 29.4 Å². The monoisotopic (exact) mass is 283 g/mol. The van der Waals surface area contributed by atoms with Crippen LogP contribution in [-0.4, -0.2) is 30.1 Å². The number of carbonyl (C=O) groups excluding carboxylic acids is 1. The van der Waals surface area contributed by atoms with Gasteiger partial charge in [0, 0.05) is 28.8 Å².